The van der Waals surface area contributed by atoms with Gasteiger partial charge in [-0.2, -0.15) is 0 Å². The first kappa shape index (κ1) is 13.9. The molecule has 22 heavy (non-hydrogen) atoms. The normalized spacial score (nSPS) is 24.8. The molecule has 1 N–H and O–H groups in total. The molecule has 3 heterocycles. The fourth-order valence-corrected chi connectivity index (χ4v) is 4.15. The van der Waals surface area contributed by atoms with Gasteiger partial charge in [-0.3, -0.25) is 9.47 Å². The molecule has 1 atom stereocenters. The van der Waals surface area contributed by atoms with Crippen molar-refractivity contribution in [3.05, 3.63) is 23.0 Å². The maximum Gasteiger partial charge on any atom is 0.328 e. The van der Waals surface area contributed by atoms with Gasteiger partial charge in [0, 0.05) is 19.1 Å². The van der Waals surface area contributed by atoms with E-state index in [9.17, 15) is 4.79 Å². The van der Waals surface area contributed by atoms with E-state index >= 15 is 0 Å². The van der Waals surface area contributed by atoms with Crippen LogP contribution in [0.4, 0.5) is 0 Å². The van der Waals surface area contributed by atoms with Gasteiger partial charge in [-0.15, -0.1) is 0 Å². The summed E-state index contributed by atoms with van der Waals surface area (Å²) in [6.45, 7) is 2.07. The second kappa shape index (κ2) is 5.83. The SMILES string of the molecule is O=c1[nH]c2cncnc2n1C1CCN(C2CCCCCC2)C1. The number of aromatic amines is 1. The Kier molecular flexibility index (Phi) is 3.70. The fraction of sp³-hybridized carbons (Fsp3) is 0.688. The molecule has 0 bridgehead atoms. The second-order valence-electron chi connectivity index (χ2n) is 6.64. The minimum Gasteiger partial charge on any atom is -0.303 e. The van der Waals surface area contributed by atoms with E-state index in [0.29, 0.717) is 6.04 Å². The van der Waals surface area contributed by atoms with Gasteiger partial charge in [0.05, 0.1) is 12.2 Å². The Bertz CT molecular complexity index is 698. The van der Waals surface area contributed by atoms with Crippen molar-refractivity contribution in [3.8, 4) is 0 Å². The van der Waals surface area contributed by atoms with Gasteiger partial charge >= 0.3 is 5.69 Å². The molecule has 1 aliphatic heterocycles. The van der Waals surface area contributed by atoms with Crippen molar-refractivity contribution in [2.45, 2.75) is 57.0 Å². The molecule has 1 unspecified atom stereocenters. The first-order valence-corrected chi connectivity index (χ1v) is 8.47. The lowest BCUT2D eigenvalue weighted by Gasteiger charge is -2.26. The molecule has 0 radical (unpaired) electrons. The van der Waals surface area contributed by atoms with E-state index in [2.05, 4.69) is 19.9 Å². The van der Waals surface area contributed by atoms with E-state index < -0.39 is 0 Å². The summed E-state index contributed by atoms with van der Waals surface area (Å²) < 4.78 is 1.84. The van der Waals surface area contributed by atoms with Crippen molar-refractivity contribution in [1.82, 2.24) is 24.4 Å². The van der Waals surface area contributed by atoms with Crippen molar-refractivity contribution in [1.29, 1.82) is 0 Å². The van der Waals surface area contributed by atoms with Crippen LogP contribution in [-0.4, -0.2) is 43.6 Å². The Labute approximate surface area is 129 Å². The number of aromatic nitrogens is 4. The number of H-pyrrole nitrogens is 1. The van der Waals surface area contributed by atoms with E-state index in [4.69, 9.17) is 0 Å². The standard InChI is InChI=1S/C16H23N5O/c22-16-19-14-9-17-11-18-15(14)21(16)13-7-8-20(10-13)12-5-3-1-2-4-6-12/h9,11-13H,1-8,10H2,(H,19,22). The van der Waals surface area contributed by atoms with Crippen LogP contribution in [0.3, 0.4) is 0 Å². The smallest absolute Gasteiger partial charge is 0.303 e. The van der Waals surface area contributed by atoms with Crippen LogP contribution in [0.15, 0.2) is 17.3 Å². The van der Waals surface area contributed by atoms with Gasteiger partial charge in [0.25, 0.3) is 0 Å². The summed E-state index contributed by atoms with van der Waals surface area (Å²) in [6.07, 6.45) is 12.3. The van der Waals surface area contributed by atoms with Gasteiger partial charge in [-0.25, -0.2) is 14.8 Å². The zero-order chi connectivity index (χ0) is 14.9. The van der Waals surface area contributed by atoms with Crippen molar-refractivity contribution >= 4 is 11.2 Å². The molecule has 6 nitrogen and oxygen atoms in total. The minimum atomic E-state index is -0.0526. The molecule has 1 saturated heterocycles. The molecule has 2 fully saturated rings. The Morgan fingerprint density at radius 3 is 2.73 bits per heavy atom. The van der Waals surface area contributed by atoms with Gasteiger partial charge in [-0.05, 0) is 19.3 Å². The van der Waals surface area contributed by atoms with E-state index in [1.54, 1.807) is 6.20 Å². The highest BCUT2D eigenvalue weighted by Crippen LogP contribution is 2.29. The molecule has 6 heteroatoms. The van der Waals surface area contributed by atoms with E-state index in [0.717, 1.165) is 30.7 Å². The quantitative estimate of drug-likeness (QED) is 0.863. The molecule has 4 rings (SSSR count). The van der Waals surface area contributed by atoms with Crippen LogP contribution in [0.5, 0.6) is 0 Å². The lowest BCUT2D eigenvalue weighted by molar-refractivity contribution is 0.213. The maximum absolute atomic E-state index is 12.3. The number of fused-ring (bicyclic) bond motifs is 1. The summed E-state index contributed by atoms with van der Waals surface area (Å²) in [6, 6.07) is 0.947. The van der Waals surface area contributed by atoms with Crippen molar-refractivity contribution < 1.29 is 0 Å². The fourth-order valence-electron chi connectivity index (χ4n) is 4.15. The monoisotopic (exact) mass is 301 g/mol. The first-order chi connectivity index (χ1) is 10.8. The Morgan fingerprint density at radius 1 is 1.09 bits per heavy atom. The third-order valence-corrected chi connectivity index (χ3v) is 5.28. The predicted molar refractivity (Wildman–Crippen MR) is 84.9 cm³/mol. The molecular formula is C16H23N5O. The number of imidazole rings is 1. The molecule has 2 aromatic rings. The Morgan fingerprint density at radius 2 is 1.91 bits per heavy atom. The van der Waals surface area contributed by atoms with Gasteiger partial charge < -0.3 is 4.98 Å². The molecule has 0 amide bonds. The summed E-state index contributed by atoms with van der Waals surface area (Å²) in [5.74, 6) is 0. The zero-order valence-electron chi connectivity index (χ0n) is 12.9. The number of hydrogen-bond acceptors (Lipinski definition) is 4. The molecular weight excluding hydrogens is 278 g/mol. The topological polar surface area (TPSA) is 66.8 Å². The minimum absolute atomic E-state index is 0.0526. The van der Waals surface area contributed by atoms with Crippen LogP contribution < -0.4 is 5.69 Å². The van der Waals surface area contributed by atoms with Gasteiger partial charge in [0.15, 0.2) is 5.65 Å². The van der Waals surface area contributed by atoms with Gasteiger partial charge in [0.1, 0.15) is 11.8 Å². The highest BCUT2D eigenvalue weighted by Gasteiger charge is 2.31. The molecule has 2 aliphatic rings. The third-order valence-electron chi connectivity index (χ3n) is 5.28. The van der Waals surface area contributed by atoms with Gasteiger partial charge in [-0.1, -0.05) is 25.7 Å². The van der Waals surface area contributed by atoms with Crippen molar-refractivity contribution in [2.75, 3.05) is 13.1 Å². The highest BCUT2D eigenvalue weighted by atomic mass is 16.1. The Balaban J connectivity index is 1.56. The number of nitrogens with zero attached hydrogens (tertiary/aromatic N) is 4. The number of nitrogens with one attached hydrogen (secondary N) is 1. The van der Waals surface area contributed by atoms with E-state index in [1.807, 2.05) is 4.57 Å². The molecule has 0 aromatic carbocycles. The first-order valence-electron chi connectivity index (χ1n) is 8.47. The molecule has 1 aliphatic carbocycles. The van der Waals surface area contributed by atoms with Crippen LogP contribution in [0.1, 0.15) is 51.0 Å². The molecule has 0 spiro atoms. The van der Waals surface area contributed by atoms with Gasteiger partial charge in [0.2, 0.25) is 0 Å². The van der Waals surface area contributed by atoms with Crippen LogP contribution in [0.25, 0.3) is 11.2 Å². The number of rotatable bonds is 2. The zero-order valence-corrected chi connectivity index (χ0v) is 12.9. The lowest BCUT2D eigenvalue weighted by Crippen LogP contribution is -2.34. The van der Waals surface area contributed by atoms with Crippen molar-refractivity contribution in [2.24, 2.45) is 0 Å². The summed E-state index contributed by atoms with van der Waals surface area (Å²) in [7, 11) is 0. The van der Waals surface area contributed by atoms with Crippen LogP contribution >= 0.6 is 0 Å². The maximum atomic E-state index is 12.3. The predicted octanol–water partition coefficient (Wildman–Crippen LogP) is 2.09. The second-order valence-corrected chi connectivity index (χ2v) is 6.64. The summed E-state index contributed by atoms with van der Waals surface area (Å²) in [4.78, 5) is 26.0. The summed E-state index contributed by atoms with van der Waals surface area (Å²) in [5, 5.41) is 0. The average Bonchev–Trinajstić information content (AvgIpc) is 3.01. The van der Waals surface area contributed by atoms with Crippen LogP contribution in [0, 0.1) is 0 Å². The molecule has 1 saturated carbocycles. The average molecular weight is 301 g/mol. The Hall–Kier alpha value is -1.69. The summed E-state index contributed by atoms with van der Waals surface area (Å²) in [5.41, 5.74) is 1.43. The van der Waals surface area contributed by atoms with Crippen LogP contribution in [-0.2, 0) is 0 Å². The van der Waals surface area contributed by atoms with E-state index in [-0.39, 0.29) is 11.7 Å². The third kappa shape index (κ3) is 2.45. The molecule has 2 aromatic heterocycles. The van der Waals surface area contributed by atoms with E-state index in [1.165, 1.54) is 44.9 Å². The lowest BCUT2D eigenvalue weighted by atomic mass is 10.1. The number of hydrogen-bond donors (Lipinski definition) is 1. The van der Waals surface area contributed by atoms with Crippen LogP contribution in [0.2, 0.25) is 0 Å². The summed E-state index contributed by atoms with van der Waals surface area (Å²) >= 11 is 0. The molecule has 118 valence electrons. The largest absolute Gasteiger partial charge is 0.328 e. The number of likely N-dealkylation sites (tertiary alicyclic amines) is 1. The van der Waals surface area contributed by atoms with Crippen molar-refractivity contribution in [3.63, 3.8) is 0 Å². The highest BCUT2D eigenvalue weighted by molar-refractivity contribution is 5.69.